The fraction of sp³-hybridized carbons (Fsp3) is 1.00. The molecule has 0 amide bonds. The molecule has 0 rings (SSSR count). The molecule has 0 aliphatic carbocycles. The monoisotopic (exact) mass is 161 g/mol. The number of unbranched alkanes of at least 4 members (excludes halogenated alkanes) is 5. The van der Waals surface area contributed by atoms with Crippen LogP contribution in [-0.2, 0) is 0 Å². The number of nitrogens with two attached hydrogens (primary N) is 1. The zero-order chi connectivity index (χ0) is 7.66. The van der Waals surface area contributed by atoms with Crippen molar-refractivity contribution in [1.82, 2.24) is 0 Å². The first-order chi connectivity index (χ1) is 4.91. The maximum Gasteiger partial charge on any atom is 1.00 e. The molecule has 2 nitrogen and oxygen atoms in total. The maximum atomic E-state index is 8.45. The third-order valence-corrected chi connectivity index (χ3v) is 1.61. The molecule has 0 aliphatic rings. The van der Waals surface area contributed by atoms with Gasteiger partial charge in [-0.05, 0) is 19.4 Å². The Morgan fingerprint density at radius 1 is 0.833 bits per heavy atom. The van der Waals surface area contributed by atoms with Crippen molar-refractivity contribution in [3.63, 3.8) is 0 Å². The van der Waals surface area contributed by atoms with Gasteiger partial charge in [0.1, 0.15) is 0 Å². The van der Waals surface area contributed by atoms with Crippen LogP contribution in [0.1, 0.15) is 41.4 Å². The van der Waals surface area contributed by atoms with E-state index in [1.54, 1.807) is 0 Å². The van der Waals surface area contributed by atoms with Gasteiger partial charge < -0.3 is 13.7 Å². The Hall–Kier alpha value is 1.11. The van der Waals surface area contributed by atoms with Crippen LogP contribution in [0.15, 0.2) is 0 Å². The molecule has 0 heterocycles. The second-order valence-electron chi connectivity index (χ2n) is 2.63. The molecular weight excluding hydrogens is 140 g/mol. The molecule has 0 spiro atoms. The number of hydrogen-bond acceptors (Lipinski definition) is 2. The van der Waals surface area contributed by atoms with Crippen molar-refractivity contribution in [1.29, 1.82) is 0 Å². The Balaban J connectivity index is -0.0000000675. The molecule has 0 aromatic rings. The average Bonchev–Trinajstić information content (AvgIpc) is 1.97. The molecule has 12 heavy (non-hydrogen) atoms. The topological polar surface area (TPSA) is 46.2 Å². The molecule has 0 saturated carbocycles. The summed E-state index contributed by atoms with van der Waals surface area (Å²) in [5.74, 6) is 0. The number of aliphatic hydroxyl groups excluding tert-OH is 1. The van der Waals surface area contributed by atoms with Crippen molar-refractivity contribution in [2.24, 2.45) is 5.73 Å². The number of hydrogen-bond donors (Lipinski definition) is 2. The van der Waals surface area contributed by atoms with Crippen LogP contribution in [-0.4, -0.2) is 18.3 Å². The fourth-order valence-corrected chi connectivity index (χ4v) is 0.963. The summed E-state index contributed by atoms with van der Waals surface area (Å²) < 4.78 is 0. The summed E-state index contributed by atoms with van der Waals surface area (Å²) in [7, 11) is 0. The third-order valence-electron chi connectivity index (χ3n) is 1.61. The van der Waals surface area contributed by atoms with Crippen LogP contribution in [0.3, 0.4) is 0 Å². The molecule has 0 atom stereocenters. The van der Waals surface area contributed by atoms with Crippen molar-refractivity contribution < 1.29 is 45.7 Å². The summed E-state index contributed by atoms with van der Waals surface area (Å²) >= 11 is 0. The standard InChI is InChI=1S/C8H19NO.2Li.2H/c9-7-5-3-1-2-4-6-8-10;;;;/h10H,1-9H2;;;;/q;2*+1;2*-1. The Morgan fingerprint density at radius 2 is 1.25 bits per heavy atom. The summed E-state index contributed by atoms with van der Waals surface area (Å²) in [6, 6.07) is 0. The van der Waals surface area contributed by atoms with Crippen molar-refractivity contribution in [3.05, 3.63) is 0 Å². The molecule has 0 aromatic carbocycles. The van der Waals surface area contributed by atoms with E-state index >= 15 is 0 Å². The van der Waals surface area contributed by atoms with Gasteiger partial charge in [-0.3, -0.25) is 0 Å². The average molecular weight is 161 g/mol. The largest absolute Gasteiger partial charge is 1.00 e. The van der Waals surface area contributed by atoms with Gasteiger partial charge in [0.2, 0.25) is 0 Å². The SMILES string of the molecule is NCCCCCCCCO.[H-].[H-].[Li+].[Li+]. The Kier molecular flexibility index (Phi) is 28.2. The number of rotatable bonds is 7. The van der Waals surface area contributed by atoms with Gasteiger partial charge in [-0.25, -0.2) is 0 Å². The predicted molar refractivity (Wildman–Crippen MR) is 46.1 cm³/mol. The van der Waals surface area contributed by atoms with Crippen molar-refractivity contribution in [3.8, 4) is 0 Å². The van der Waals surface area contributed by atoms with E-state index in [2.05, 4.69) is 0 Å². The van der Waals surface area contributed by atoms with Gasteiger partial charge in [0.15, 0.2) is 0 Å². The van der Waals surface area contributed by atoms with Crippen molar-refractivity contribution in [2.75, 3.05) is 13.2 Å². The molecule has 0 unspecified atom stereocenters. The van der Waals surface area contributed by atoms with E-state index in [0.717, 1.165) is 19.4 Å². The molecule has 0 fully saturated rings. The summed E-state index contributed by atoms with van der Waals surface area (Å²) in [5, 5.41) is 8.45. The van der Waals surface area contributed by atoms with E-state index in [9.17, 15) is 0 Å². The minimum absolute atomic E-state index is 0. The van der Waals surface area contributed by atoms with E-state index in [0.29, 0.717) is 6.61 Å². The van der Waals surface area contributed by atoms with Crippen LogP contribution in [0.25, 0.3) is 0 Å². The minimum Gasteiger partial charge on any atom is -1.00 e. The van der Waals surface area contributed by atoms with E-state index in [1.165, 1.54) is 25.7 Å². The summed E-state index contributed by atoms with van der Waals surface area (Å²) in [6.45, 7) is 1.16. The Morgan fingerprint density at radius 3 is 1.67 bits per heavy atom. The van der Waals surface area contributed by atoms with Gasteiger partial charge in [-0.1, -0.05) is 25.7 Å². The van der Waals surface area contributed by atoms with Crippen LogP contribution in [0.4, 0.5) is 0 Å². The van der Waals surface area contributed by atoms with Crippen LogP contribution >= 0.6 is 0 Å². The maximum absolute atomic E-state index is 8.45. The first-order valence-electron chi connectivity index (χ1n) is 4.22. The molecule has 4 heteroatoms. The van der Waals surface area contributed by atoms with E-state index in [4.69, 9.17) is 10.8 Å². The minimum atomic E-state index is 0. The normalized spacial score (nSPS) is 8.50. The van der Waals surface area contributed by atoms with Gasteiger partial charge in [0.05, 0.1) is 0 Å². The van der Waals surface area contributed by atoms with Crippen LogP contribution in [0.2, 0.25) is 0 Å². The first-order valence-corrected chi connectivity index (χ1v) is 4.22. The Bertz CT molecular complexity index is 65.3. The van der Waals surface area contributed by atoms with Gasteiger partial charge in [-0.2, -0.15) is 0 Å². The molecule has 66 valence electrons. The van der Waals surface area contributed by atoms with E-state index in [-0.39, 0.29) is 40.6 Å². The molecular formula is C8H21Li2NO. The zero-order valence-corrected chi connectivity index (χ0v) is 8.68. The number of aliphatic hydroxyl groups is 1. The first kappa shape index (κ1) is 18.8. The third kappa shape index (κ3) is 17.3. The smallest absolute Gasteiger partial charge is 1.00 e. The van der Waals surface area contributed by atoms with Crippen molar-refractivity contribution >= 4 is 0 Å². The molecule has 0 bridgehead atoms. The fourth-order valence-electron chi connectivity index (χ4n) is 0.963. The molecule has 0 saturated heterocycles. The second-order valence-corrected chi connectivity index (χ2v) is 2.63. The van der Waals surface area contributed by atoms with Crippen molar-refractivity contribution in [2.45, 2.75) is 38.5 Å². The molecule has 0 aliphatic heterocycles. The van der Waals surface area contributed by atoms with Gasteiger partial charge in [0.25, 0.3) is 0 Å². The van der Waals surface area contributed by atoms with Crippen LogP contribution in [0, 0.1) is 0 Å². The van der Waals surface area contributed by atoms with Gasteiger partial charge in [-0.15, -0.1) is 0 Å². The predicted octanol–water partition coefficient (Wildman–Crippen LogP) is -4.49. The van der Waals surface area contributed by atoms with E-state index < -0.39 is 0 Å². The van der Waals surface area contributed by atoms with Crippen LogP contribution < -0.4 is 43.5 Å². The summed E-state index contributed by atoms with van der Waals surface area (Å²) in [6.07, 6.45) is 7.06. The summed E-state index contributed by atoms with van der Waals surface area (Å²) in [5.41, 5.74) is 5.33. The molecule has 3 N–H and O–H groups in total. The Labute approximate surface area is 103 Å². The molecule has 0 radical (unpaired) electrons. The van der Waals surface area contributed by atoms with Gasteiger partial charge >= 0.3 is 37.7 Å². The van der Waals surface area contributed by atoms with E-state index in [1.807, 2.05) is 0 Å². The molecule has 0 aromatic heterocycles. The zero-order valence-electron chi connectivity index (χ0n) is 10.7. The summed E-state index contributed by atoms with van der Waals surface area (Å²) in [4.78, 5) is 0. The quantitative estimate of drug-likeness (QED) is 0.292. The second kappa shape index (κ2) is 18.0. The van der Waals surface area contributed by atoms with Crippen LogP contribution in [0.5, 0.6) is 0 Å². The van der Waals surface area contributed by atoms with Gasteiger partial charge in [0, 0.05) is 6.61 Å².